The van der Waals surface area contributed by atoms with E-state index in [0.717, 1.165) is 11.1 Å². The normalized spacial score (nSPS) is 10.5. The SMILES string of the molecule is Cc1cccc(CC(=O)c2c(Cl)cc(Cl)cc2Cl)c1. The van der Waals surface area contributed by atoms with Crippen LogP contribution in [-0.4, -0.2) is 5.78 Å². The lowest BCUT2D eigenvalue weighted by molar-refractivity contribution is 0.0993. The summed E-state index contributed by atoms with van der Waals surface area (Å²) in [7, 11) is 0. The van der Waals surface area contributed by atoms with Gasteiger partial charge in [-0.15, -0.1) is 0 Å². The Morgan fingerprint density at radius 3 is 2.26 bits per heavy atom. The minimum atomic E-state index is -0.114. The van der Waals surface area contributed by atoms with Gasteiger partial charge in [0.25, 0.3) is 0 Å². The van der Waals surface area contributed by atoms with Crippen LogP contribution in [0, 0.1) is 6.92 Å². The van der Waals surface area contributed by atoms with E-state index in [0.29, 0.717) is 10.6 Å². The van der Waals surface area contributed by atoms with Crippen molar-refractivity contribution in [2.24, 2.45) is 0 Å². The van der Waals surface area contributed by atoms with E-state index in [4.69, 9.17) is 34.8 Å². The van der Waals surface area contributed by atoms with Gasteiger partial charge in [0.05, 0.1) is 15.6 Å². The third-order valence-corrected chi connectivity index (χ3v) is 3.55. The van der Waals surface area contributed by atoms with Crippen molar-refractivity contribution in [1.82, 2.24) is 0 Å². The van der Waals surface area contributed by atoms with E-state index < -0.39 is 0 Å². The van der Waals surface area contributed by atoms with E-state index in [2.05, 4.69) is 0 Å². The Labute approximate surface area is 127 Å². The molecular formula is C15H11Cl3O. The van der Waals surface area contributed by atoms with Crippen LogP contribution in [0.25, 0.3) is 0 Å². The second-order valence-electron chi connectivity index (χ2n) is 4.33. The largest absolute Gasteiger partial charge is 0.294 e. The van der Waals surface area contributed by atoms with Crippen molar-refractivity contribution in [1.29, 1.82) is 0 Å². The smallest absolute Gasteiger partial charge is 0.170 e. The van der Waals surface area contributed by atoms with Crippen molar-refractivity contribution < 1.29 is 4.79 Å². The Hall–Kier alpha value is -1.02. The molecule has 0 radical (unpaired) electrons. The zero-order chi connectivity index (χ0) is 14.0. The minimum Gasteiger partial charge on any atom is -0.294 e. The maximum atomic E-state index is 12.3. The first-order chi connectivity index (χ1) is 8.97. The van der Waals surface area contributed by atoms with Crippen LogP contribution in [0.1, 0.15) is 21.5 Å². The van der Waals surface area contributed by atoms with Gasteiger partial charge in [0.15, 0.2) is 5.78 Å². The number of Topliss-reactive ketones (excluding diaryl/α,β-unsaturated/α-hetero) is 1. The van der Waals surface area contributed by atoms with Gasteiger partial charge < -0.3 is 0 Å². The van der Waals surface area contributed by atoms with E-state index >= 15 is 0 Å². The highest BCUT2D eigenvalue weighted by atomic mass is 35.5. The number of benzene rings is 2. The minimum absolute atomic E-state index is 0.114. The molecule has 0 spiro atoms. The van der Waals surface area contributed by atoms with E-state index in [9.17, 15) is 4.79 Å². The highest BCUT2D eigenvalue weighted by Crippen LogP contribution is 2.30. The lowest BCUT2D eigenvalue weighted by Crippen LogP contribution is -2.05. The topological polar surface area (TPSA) is 17.1 Å². The van der Waals surface area contributed by atoms with Crippen LogP contribution in [0.4, 0.5) is 0 Å². The Morgan fingerprint density at radius 2 is 1.68 bits per heavy atom. The fourth-order valence-corrected chi connectivity index (χ4v) is 2.93. The summed E-state index contributed by atoms with van der Waals surface area (Å²) < 4.78 is 0. The zero-order valence-corrected chi connectivity index (χ0v) is 12.5. The van der Waals surface area contributed by atoms with Crippen LogP contribution >= 0.6 is 34.8 Å². The van der Waals surface area contributed by atoms with Gasteiger partial charge in [-0.1, -0.05) is 64.6 Å². The van der Waals surface area contributed by atoms with Crippen LogP contribution in [0.2, 0.25) is 15.1 Å². The first-order valence-electron chi connectivity index (χ1n) is 5.70. The molecule has 1 nitrogen and oxygen atoms in total. The molecule has 0 aliphatic carbocycles. The molecule has 2 rings (SSSR count). The monoisotopic (exact) mass is 312 g/mol. The molecule has 0 fully saturated rings. The predicted octanol–water partition coefficient (Wildman–Crippen LogP) is 5.38. The molecule has 2 aromatic rings. The molecule has 0 atom stereocenters. The maximum absolute atomic E-state index is 12.3. The van der Waals surface area contributed by atoms with Crippen molar-refractivity contribution >= 4 is 40.6 Å². The summed E-state index contributed by atoms with van der Waals surface area (Å²) >= 11 is 17.9. The average molecular weight is 314 g/mol. The summed E-state index contributed by atoms with van der Waals surface area (Å²) in [6.45, 7) is 1.98. The molecule has 0 heterocycles. The number of carbonyl (C=O) groups is 1. The van der Waals surface area contributed by atoms with Crippen molar-refractivity contribution in [2.45, 2.75) is 13.3 Å². The standard InChI is InChI=1S/C15H11Cl3O/c1-9-3-2-4-10(5-9)6-14(19)15-12(17)7-11(16)8-13(15)18/h2-5,7-8H,6H2,1H3. The lowest BCUT2D eigenvalue weighted by Gasteiger charge is -2.07. The number of rotatable bonds is 3. The number of hydrogen-bond acceptors (Lipinski definition) is 1. The van der Waals surface area contributed by atoms with E-state index in [-0.39, 0.29) is 22.2 Å². The van der Waals surface area contributed by atoms with Crippen LogP contribution < -0.4 is 0 Å². The molecule has 19 heavy (non-hydrogen) atoms. The molecule has 4 heteroatoms. The number of ketones is 1. The molecule has 0 saturated carbocycles. The highest BCUT2D eigenvalue weighted by Gasteiger charge is 2.16. The molecule has 0 saturated heterocycles. The van der Waals surface area contributed by atoms with E-state index in [1.165, 1.54) is 12.1 Å². The Bertz CT molecular complexity index is 612. The van der Waals surface area contributed by atoms with Gasteiger partial charge in [-0.2, -0.15) is 0 Å². The Balaban J connectivity index is 2.31. The van der Waals surface area contributed by atoms with Gasteiger partial charge in [-0.05, 0) is 24.6 Å². The van der Waals surface area contributed by atoms with Crippen molar-refractivity contribution in [3.05, 3.63) is 68.2 Å². The zero-order valence-electron chi connectivity index (χ0n) is 10.2. The van der Waals surface area contributed by atoms with E-state index in [1.54, 1.807) is 0 Å². The molecule has 2 aromatic carbocycles. The summed E-state index contributed by atoms with van der Waals surface area (Å²) in [4.78, 5) is 12.3. The summed E-state index contributed by atoms with van der Waals surface area (Å²) in [5, 5.41) is 0.993. The van der Waals surface area contributed by atoms with Crippen LogP contribution in [0.15, 0.2) is 36.4 Å². The van der Waals surface area contributed by atoms with Gasteiger partial charge >= 0.3 is 0 Å². The summed E-state index contributed by atoms with van der Waals surface area (Å²) in [5.74, 6) is -0.114. The number of carbonyl (C=O) groups excluding carboxylic acids is 1. The van der Waals surface area contributed by atoms with Gasteiger partial charge in [0.1, 0.15) is 0 Å². The number of aryl methyl sites for hydroxylation is 1. The number of hydrogen-bond donors (Lipinski definition) is 0. The summed E-state index contributed by atoms with van der Waals surface area (Å²) in [6, 6.07) is 10.8. The second kappa shape index (κ2) is 5.96. The molecule has 98 valence electrons. The van der Waals surface area contributed by atoms with E-state index in [1.807, 2.05) is 31.2 Å². The van der Waals surface area contributed by atoms with Crippen molar-refractivity contribution in [2.75, 3.05) is 0 Å². The van der Waals surface area contributed by atoms with Crippen LogP contribution in [0.5, 0.6) is 0 Å². The third kappa shape index (κ3) is 3.50. The quantitative estimate of drug-likeness (QED) is 0.695. The molecule has 0 aromatic heterocycles. The Kier molecular flexibility index (Phi) is 4.51. The summed E-state index contributed by atoms with van der Waals surface area (Å²) in [5.41, 5.74) is 2.37. The lowest BCUT2D eigenvalue weighted by atomic mass is 10.0. The van der Waals surface area contributed by atoms with Crippen molar-refractivity contribution in [3.8, 4) is 0 Å². The summed E-state index contributed by atoms with van der Waals surface area (Å²) in [6.07, 6.45) is 0.267. The molecule has 0 bridgehead atoms. The molecule has 0 aliphatic heterocycles. The second-order valence-corrected chi connectivity index (χ2v) is 5.58. The first kappa shape index (κ1) is 14.4. The predicted molar refractivity (Wildman–Crippen MR) is 80.7 cm³/mol. The average Bonchev–Trinajstić information content (AvgIpc) is 2.27. The number of halogens is 3. The fraction of sp³-hybridized carbons (Fsp3) is 0.133. The molecular weight excluding hydrogens is 303 g/mol. The van der Waals surface area contributed by atoms with Gasteiger partial charge in [-0.25, -0.2) is 0 Å². The molecule has 0 aliphatic rings. The maximum Gasteiger partial charge on any atom is 0.170 e. The molecule has 0 unspecified atom stereocenters. The highest BCUT2D eigenvalue weighted by molar-refractivity contribution is 6.42. The fourth-order valence-electron chi connectivity index (χ4n) is 1.90. The van der Waals surface area contributed by atoms with Gasteiger partial charge in [-0.3, -0.25) is 4.79 Å². The van der Waals surface area contributed by atoms with Gasteiger partial charge in [0, 0.05) is 11.4 Å². The van der Waals surface area contributed by atoms with Crippen LogP contribution in [-0.2, 0) is 6.42 Å². The molecule has 0 amide bonds. The Morgan fingerprint density at radius 1 is 1.05 bits per heavy atom. The molecule has 0 N–H and O–H groups in total. The van der Waals surface area contributed by atoms with Gasteiger partial charge in [0.2, 0.25) is 0 Å². The third-order valence-electron chi connectivity index (χ3n) is 2.73. The van der Waals surface area contributed by atoms with Crippen LogP contribution in [0.3, 0.4) is 0 Å². The first-order valence-corrected chi connectivity index (χ1v) is 6.84. The van der Waals surface area contributed by atoms with Crippen molar-refractivity contribution in [3.63, 3.8) is 0 Å².